The van der Waals surface area contributed by atoms with Crippen molar-refractivity contribution < 1.29 is 9.53 Å². The average molecular weight is 381 g/mol. The molecule has 27 heavy (non-hydrogen) atoms. The zero-order chi connectivity index (χ0) is 19.4. The summed E-state index contributed by atoms with van der Waals surface area (Å²) in [6, 6.07) is 0. The third-order valence-corrected chi connectivity index (χ3v) is 6.29. The van der Waals surface area contributed by atoms with Gasteiger partial charge in [0.15, 0.2) is 5.96 Å². The van der Waals surface area contributed by atoms with Crippen LogP contribution in [0, 0.1) is 11.3 Å². The molecular formula is C21H40N4O2. The Morgan fingerprint density at radius 3 is 2.41 bits per heavy atom. The van der Waals surface area contributed by atoms with Gasteiger partial charge < -0.3 is 20.7 Å². The number of rotatable bonds is 10. The minimum absolute atomic E-state index is 0.191. The van der Waals surface area contributed by atoms with Crippen LogP contribution >= 0.6 is 0 Å². The van der Waals surface area contributed by atoms with Crippen LogP contribution in [0.1, 0.15) is 70.6 Å². The Labute approximate surface area is 165 Å². The summed E-state index contributed by atoms with van der Waals surface area (Å²) in [5.74, 6) is 1.60. The number of methoxy groups -OCH3 is 1. The highest BCUT2D eigenvalue weighted by Crippen LogP contribution is 2.40. The Kier molecular flexibility index (Phi) is 9.95. The molecular weight excluding hydrogens is 340 g/mol. The van der Waals surface area contributed by atoms with Gasteiger partial charge in [-0.25, -0.2) is 0 Å². The molecule has 0 saturated heterocycles. The van der Waals surface area contributed by atoms with E-state index in [1.165, 1.54) is 57.8 Å². The van der Waals surface area contributed by atoms with Gasteiger partial charge in [-0.3, -0.25) is 9.79 Å². The van der Waals surface area contributed by atoms with Crippen LogP contribution in [0.15, 0.2) is 4.99 Å². The maximum Gasteiger partial charge on any atom is 0.220 e. The molecule has 6 heteroatoms. The topological polar surface area (TPSA) is 74.8 Å². The van der Waals surface area contributed by atoms with Crippen LogP contribution in [0.5, 0.6) is 0 Å². The van der Waals surface area contributed by atoms with Crippen molar-refractivity contribution in [3.8, 4) is 0 Å². The zero-order valence-corrected chi connectivity index (χ0v) is 17.4. The molecule has 6 nitrogen and oxygen atoms in total. The maximum atomic E-state index is 12.1. The molecule has 0 spiro atoms. The molecule has 2 saturated carbocycles. The molecule has 2 rings (SSSR count). The fourth-order valence-electron chi connectivity index (χ4n) is 4.56. The molecule has 156 valence electrons. The van der Waals surface area contributed by atoms with Crippen LogP contribution in [0.4, 0.5) is 0 Å². The predicted molar refractivity (Wildman–Crippen MR) is 111 cm³/mol. The number of aliphatic imine (C=N–C) groups is 1. The largest absolute Gasteiger partial charge is 0.385 e. The van der Waals surface area contributed by atoms with Gasteiger partial charge in [0.25, 0.3) is 0 Å². The number of hydrogen-bond donors (Lipinski definition) is 3. The van der Waals surface area contributed by atoms with Crippen molar-refractivity contribution in [2.24, 2.45) is 16.3 Å². The zero-order valence-electron chi connectivity index (χ0n) is 17.4. The van der Waals surface area contributed by atoms with E-state index in [0.29, 0.717) is 30.8 Å². The number of nitrogens with one attached hydrogen (secondary N) is 3. The number of guanidine groups is 1. The Hall–Kier alpha value is -1.30. The Balaban J connectivity index is 1.61. The Bertz CT molecular complexity index is 455. The summed E-state index contributed by atoms with van der Waals surface area (Å²) >= 11 is 0. The van der Waals surface area contributed by atoms with Crippen LogP contribution in [0.3, 0.4) is 0 Å². The van der Waals surface area contributed by atoms with Gasteiger partial charge >= 0.3 is 0 Å². The van der Waals surface area contributed by atoms with Crippen LogP contribution in [0.2, 0.25) is 0 Å². The van der Waals surface area contributed by atoms with Crippen molar-refractivity contribution >= 4 is 11.9 Å². The van der Waals surface area contributed by atoms with Crippen molar-refractivity contribution in [1.29, 1.82) is 0 Å². The average Bonchev–Trinajstić information content (AvgIpc) is 3.16. The minimum Gasteiger partial charge on any atom is -0.385 e. The number of ether oxygens (including phenoxy) is 1. The van der Waals surface area contributed by atoms with Crippen molar-refractivity contribution in [3.05, 3.63) is 0 Å². The summed E-state index contributed by atoms with van der Waals surface area (Å²) in [4.78, 5) is 16.4. The van der Waals surface area contributed by atoms with E-state index in [2.05, 4.69) is 20.9 Å². The molecule has 0 unspecified atom stereocenters. The number of amides is 1. The van der Waals surface area contributed by atoms with Gasteiger partial charge in [-0.05, 0) is 43.4 Å². The lowest BCUT2D eigenvalue weighted by Gasteiger charge is -2.30. The molecule has 0 aromatic heterocycles. The second-order valence-electron chi connectivity index (χ2n) is 8.36. The van der Waals surface area contributed by atoms with Gasteiger partial charge in [-0.1, -0.05) is 32.1 Å². The Morgan fingerprint density at radius 1 is 1.04 bits per heavy atom. The molecule has 3 N–H and O–H groups in total. The van der Waals surface area contributed by atoms with Crippen molar-refractivity contribution in [3.63, 3.8) is 0 Å². The smallest absolute Gasteiger partial charge is 0.220 e. The second-order valence-corrected chi connectivity index (χ2v) is 8.36. The van der Waals surface area contributed by atoms with Gasteiger partial charge in [0.05, 0.1) is 0 Å². The normalized spacial score (nSPS) is 20.4. The molecule has 0 bridgehead atoms. The SMILES string of the molecule is CN=C(NCCNC(=O)CC1CCCCC1)NCC1(CCOC)CCCC1. The van der Waals surface area contributed by atoms with Crippen molar-refractivity contribution in [2.75, 3.05) is 40.4 Å². The molecule has 0 atom stereocenters. The fourth-order valence-corrected chi connectivity index (χ4v) is 4.56. The van der Waals surface area contributed by atoms with E-state index in [4.69, 9.17) is 4.74 Å². The number of carbonyl (C=O) groups is 1. The summed E-state index contributed by atoms with van der Waals surface area (Å²) in [5, 5.41) is 9.85. The van der Waals surface area contributed by atoms with Crippen LogP contribution < -0.4 is 16.0 Å². The standard InChI is InChI=1S/C21H40N4O2/c1-22-20(25-17-21(12-15-27-2)10-6-7-11-21)24-14-13-23-19(26)16-18-8-4-3-5-9-18/h18H,3-17H2,1-2H3,(H,23,26)(H2,22,24,25). The molecule has 1 amide bonds. The Morgan fingerprint density at radius 2 is 1.74 bits per heavy atom. The van der Waals surface area contributed by atoms with Gasteiger partial charge in [0.2, 0.25) is 5.91 Å². The minimum atomic E-state index is 0.191. The molecule has 2 fully saturated rings. The van der Waals surface area contributed by atoms with Crippen LogP contribution in [-0.2, 0) is 9.53 Å². The maximum absolute atomic E-state index is 12.1. The van der Waals surface area contributed by atoms with Gasteiger partial charge in [0.1, 0.15) is 0 Å². The first kappa shape index (κ1) is 22.0. The van der Waals surface area contributed by atoms with Crippen LogP contribution in [-0.4, -0.2) is 52.3 Å². The highest BCUT2D eigenvalue weighted by atomic mass is 16.5. The quantitative estimate of drug-likeness (QED) is 0.309. The lowest BCUT2D eigenvalue weighted by Crippen LogP contribution is -2.45. The van der Waals surface area contributed by atoms with E-state index >= 15 is 0 Å². The highest BCUT2D eigenvalue weighted by molar-refractivity contribution is 5.80. The summed E-state index contributed by atoms with van der Waals surface area (Å²) in [5.41, 5.74) is 0.335. The fraction of sp³-hybridized carbons (Fsp3) is 0.905. The molecule has 0 radical (unpaired) electrons. The molecule has 0 heterocycles. The highest BCUT2D eigenvalue weighted by Gasteiger charge is 2.33. The first-order valence-corrected chi connectivity index (χ1v) is 10.9. The lowest BCUT2D eigenvalue weighted by atomic mass is 9.83. The molecule has 2 aliphatic rings. The van der Waals surface area contributed by atoms with E-state index in [9.17, 15) is 4.79 Å². The van der Waals surface area contributed by atoms with Crippen LogP contribution in [0.25, 0.3) is 0 Å². The van der Waals surface area contributed by atoms with E-state index in [1.54, 1.807) is 14.2 Å². The van der Waals surface area contributed by atoms with E-state index < -0.39 is 0 Å². The van der Waals surface area contributed by atoms with Gasteiger partial charge in [-0.2, -0.15) is 0 Å². The van der Waals surface area contributed by atoms with Gasteiger partial charge in [-0.15, -0.1) is 0 Å². The molecule has 0 aromatic rings. The van der Waals surface area contributed by atoms with E-state index in [0.717, 1.165) is 25.5 Å². The van der Waals surface area contributed by atoms with Gasteiger partial charge in [0, 0.05) is 46.8 Å². The summed E-state index contributed by atoms with van der Waals surface area (Å²) in [6.07, 6.45) is 13.3. The van der Waals surface area contributed by atoms with E-state index in [-0.39, 0.29) is 5.91 Å². The third-order valence-electron chi connectivity index (χ3n) is 6.29. The predicted octanol–water partition coefficient (Wildman–Crippen LogP) is 2.83. The van der Waals surface area contributed by atoms with Crippen molar-refractivity contribution in [2.45, 2.75) is 70.6 Å². The monoisotopic (exact) mass is 380 g/mol. The van der Waals surface area contributed by atoms with E-state index in [1.807, 2.05) is 0 Å². The number of carbonyl (C=O) groups excluding carboxylic acids is 1. The number of hydrogen-bond acceptors (Lipinski definition) is 3. The number of nitrogens with zero attached hydrogens (tertiary/aromatic N) is 1. The second kappa shape index (κ2) is 12.2. The first-order valence-electron chi connectivity index (χ1n) is 10.9. The lowest BCUT2D eigenvalue weighted by molar-refractivity contribution is -0.122. The third kappa shape index (κ3) is 8.08. The summed E-state index contributed by atoms with van der Waals surface area (Å²) in [6.45, 7) is 3.09. The summed E-state index contributed by atoms with van der Waals surface area (Å²) < 4.78 is 5.30. The van der Waals surface area contributed by atoms with Crippen molar-refractivity contribution in [1.82, 2.24) is 16.0 Å². The molecule has 0 aromatic carbocycles. The molecule has 0 aliphatic heterocycles. The molecule has 2 aliphatic carbocycles. The first-order chi connectivity index (χ1) is 13.2. The summed E-state index contributed by atoms with van der Waals surface area (Å²) in [7, 11) is 3.58.